The maximum Gasteiger partial charge on any atom is 0.146 e. The van der Waals surface area contributed by atoms with E-state index in [9.17, 15) is 4.39 Å². The lowest BCUT2D eigenvalue weighted by Gasteiger charge is -2.31. The molecule has 0 radical (unpaired) electrons. The SMILES string of the molecule is CC(C)CC1(CNCc2cccc(F)c2N)CCCC1. The Kier molecular flexibility index (Phi) is 5.03. The Labute approximate surface area is 121 Å². The van der Waals surface area contributed by atoms with Crippen molar-refractivity contribution >= 4 is 5.69 Å². The van der Waals surface area contributed by atoms with Gasteiger partial charge in [-0.05, 0) is 42.2 Å². The molecule has 3 heteroatoms. The van der Waals surface area contributed by atoms with Crippen LogP contribution in [0.2, 0.25) is 0 Å². The Morgan fingerprint density at radius 3 is 2.65 bits per heavy atom. The van der Waals surface area contributed by atoms with E-state index in [1.165, 1.54) is 38.2 Å². The van der Waals surface area contributed by atoms with E-state index in [-0.39, 0.29) is 11.5 Å². The van der Waals surface area contributed by atoms with Crippen molar-refractivity contribution in [3.8, 4) is 0 Å². The van der Waals surface area contributed by atoms with Crippen LogP contribution >= 0.6 is 0 Å². The van der Waals surface area contributed by atoms with E-state index in [1.54, 1.807) is 6.07 Å². The Morgan fingerprint density at radius 2 is 2.00 bits per heavy atom. The van der Waals surface area contributed by atoms with Crippen molar-refractivity contribution in [2.45, 2.75) is 52.5 Å². The van der Waals surface area contributed by atoms with Crippen LogP contribution in [-0.4, -0.2) is 6.54 Å². The van der Waals surface area contributed by atoms with E-state index in [2.05, 4.69) is 19.2 Å². The van der Waals surface area contributed by atoms with E-state index in [1.807, 2.05) is 6.07 Å². The number of nitrogen functional groups attached to an aromatic ring is 1. The molecule has 1 aromatic carbocycles. The van der Waals surface area contributed by atoms with Crippen LogP contribution in [0.5, 0.6) is 0 Å². The summed E-state index contributed by atoms with van der Waals surface area (Å²) in [6.07, 6.45) is 6.60. The molecule has 0 heterocycles. The second-order valence-corrected chi connectivity index (χ2v) is 6.72. The highest BCUT2D eigenvalue weighted by Gasteiger charge is 2.33. The monoisotopic (exact) mass is 278 g/mol. The second-order valence-electron chi connectivity index (χ2n) is 6.72. The van der Waals surface area contributed by atoms with Crippen LogP contribution in [0.3, 0.4) is 0 Å². The molecular weight excluding hydrogens is 251 g/mol. The van der Waals surface area contributed by atoms with Crippen LogP contribution in [0, 0.1) is 17.2 Å². The molecule has 0 saturated heterocycles. The molecule has 1 aliphatic rings. The van der Waals surface area contributed by atoms with Gasteiger partial charge in [-0.2, -0.15) is 0 Å². The van der Waals surface area contributed by atoms with Gasteiger partial charge in [-0.1, -0.05) is 38.8 Å². The van der Waals surface area contributed by atoms with Crippen molar-refractivity contribution in [2.24, 2.45) is 11.3 Å². The number of hydrogen-bond acceptors (Lipinski definition) is 2. The summed E-state index contributed by atoms with van der Waals surface area (Å²) in [5, 5.41) is 3.51. The van der Waals surface area contributed by atoms with Crippen LogP contribution in [0.4, 0.5) is 10.1 Å². The van der Waals surface area contributed by atoms with Gasteiger partial charge in [-0.15, -0.1) is 0 Å². The molecule has 3 N–H and O–H groups in total. The molecule has 0 amide bonds. The first kappa shape index (κ1) is 15.3. The number of hydrogen-bond donors (Lipinski definition) is 2. The standard InChI is InChI=1S/C17H27FN2/c1-13(2)10-17(8-3-4-9-17)12-20-11-14-6-5-7-15(18)16(14)19/h5-7,13,20H,3-4,8-12,19H2,1-2H3. The highest BCUT2D eigenvalue weighted by Crippen LogP contribution is 2.42. The molecule has 1 saturated carbocycles. The number of rotatable bonds is 6. The van der Waals surface area contributed by atoms with Gasteiger partial charge in [0, 0.05) is 13.1 Å². The zero-order chi connectivity index (χ0) is 14.6. The van der Waals surface area contributed by atoms with E-state index < -0.39 is 0 Å². The summed E-state index contributed by atoms with van der Waals surface area (Å²) >= 11 is 0. The molecule has 20 heavy (non-hydrogen) atoms. The maximum absolute atomic E-state index is 13.4. The number of halogens is 1. The summed E-state index contributed by atoms with van der Waals surface area (Å²) in [6, 6.07) is 5.04. The second kappa shape index (κ2) is 6.57. The largest absolute Gasteiger partial charge is 0.396 e. The lowest BCUT2D eigenvalue weighted by atomic mass is 9.78. The van der Waals surface area contributed by atoms with Crippen molar-refractivity contribution < 1.29 is 4.39 Å². The van der Waals surface area contributed by atoms with Crippen molar-refractivity contribution in [2.75, 3.05) is 12.3 Å². The highest BCUT2D eigenvalue weighted by atomic mass is 19.1. The minimum absolute atomic E-state index is 0.282. The molecule has 0 aromatic heterocycles. The fourth-order valence-corrected chi connectivity index (χ4v) is 3.64. The lowest BCUT2D eigenvalue weighted by Crippen LogP contribution is -2.33. The number of benzene rings is 1. The molecule has 0 bridgehead atoms. The predicted octanol–water partition coefficient (Wildman–Crippen LogP) is 4.10. The van der Waals surface area contributed by atoms with Crippen molar-refractivity contribution in [3.63, 3.8) is 0 Å². The van der Waals surface area contributed by atoms with Gasteiger partial charge in [0.2, 0.25) is 0 Å². The summed E-state index contributed by atoms with van der Waals surface area (Å²) in [5.41, 5.74) is 7.36. The third kappa shape index (κ3) is 3.72. The van der Waals surface area contributed by atoms with Gasteiger partial charge in [0.05, 0.1) is 5.69 Å². The summed E-state index contributed by atoms with van der Waals surface area (Å²) in [7, 11) is 0. The first-order valence-corrected chi connectivity index (χ1v) is 7.76. The zero-order valence-corrected chi connectivity index (χ0v) is 12.7. The van der Waals surface area contributed by atoms with Crippen molar-refractivity contribution in [1.29, 1.82) is 0 Å². The van der Waals surface area contributed by atoms with Gasteiger partial charge in [0.25, 0.3) is 0 Å². The van der Waals surface area contributed by atoms with Crippen LogP contribution in [0.25, 0.3) is 0 Å². The number of nitrogens with one attached hydrogen (secondary N) is 1. The number of anilines is 1. The molecular formula is C17H27FN2. The molecule has 2 rings (SSSR count). The van der Waals surface area contributed by atoms with Gasteiger partial charge in [-0.25, -0.2) is 4.39 Å². The summed E-state index contributed by atoms with van der Waals surface area (Å²) in [6.45, 7) is 6.26. The maximum atomic E-state index is 13.4. The summed E-state index contributed by atoms with van der Waals surface area (Å²) in [4.78, 5) is 0. The summed E-state index contributed by atoms with van der Waals surface area (Å²) in [5.74, 6) is 0.413. The predicted molar refractivity (Wildman–Crippen MR) is 82.9 cm³/mol. The quantitative estimate of drug-likeness (QED) is 0.769. The number of nitrogens with two attached hydrogens (primary N) is 1. The summed E-state index contributed by atoms with van der Waals surface area (Å²) < 4.78 is 13.4. The van der Waals surface area contributed by atoms with Crippen LogP contribution in [0.15, 0.2) is 18.2 Å². The molecule has 1 fully saturated rings. The van der Waals surface area contributed by atoms with Crippen LogP contribution in [-0.2, 0) is 6.54 Å². The minimum Gasteiger partial charge on any atom is -0.396 e. The molecule has 0 atom stereocenters. The lowest BCUT2D eigenvalue weighted by molar-refractivity contribution is 0.223. The molecule has 0 spiro atoms. The van der Waals surface area contributed by atoms with Crippen LogP contribution < -0.4 is 11.1 Å². The van der Waals surface area contributed by atoms with Crippen molar-refractivity contribution in [1.82, 2.24) is 5.32 Å². The third-order valence-corrected chi connectivity index (χ3v) is 4.46. The van der Waals surface area contributed by atoms with Gasteiger partial charge < -0.3 is 11.1 Å². The van der Waals surface area contributed by atoms with Gasteiger partial charge in [-0.3, -0.25) is 0 Å². The molecule has 1 aliphatic carbocycles. The van der Waals surface area contributed by atoms with E-state index in [0.29, 0.717) is 12.0 Å². The van der Waals surface area contributed by atoms with Crippen LogP contribution in [0.1, 0.15) is 51.5 Å². The molecule has 1 aromatic rings. The Bertz CT molecular complexity index is 437. The first-order valence-electron chi connectivity index (χ1n) is 7.76. The molecule has 0 aliphatic heterocycles. The topological polar surface area (TPSA) is 38.0 Å². The normalized spacial score (nSPS) is 17.8. The van der Waals surface area contributed by atoms with Crippen molar-refractivity contribution in [3.05, 3.63) is 29.6 Å². The Balaban J connectivity index is 1.92. The zero-order valence-electron chi connectivity index (χ0n) is 12.7. The minimum atomic E-state index is -0.318. The fraction of sp³-hybridized carbons (Fsp3) is 0.647. The van der Waals surface area contributed by atoms with Gasteiger partial charge in [0.15, 0.2) is 0 Å². The van der Waals surface area contributed by atoms with E-state index in [0.717, 1.165) is 18.0 Å². The molecule has 2 nitrogen and oxygen atoms in total. The Morgan fingerprint density at radius 1 is 1.30 bits per heavy atom. The van der Waals surface area contributed by atoms with Gasteiger partial charge in [0.1, 0.15) is 5.82 Å². The third-order valence-electron chi connectivity index (χ3n) is 4.46. The van der Waals surface area contributed by atoms with E-state index >= 15 is 0 Å². The molecule has 0 unspecified atom stereocenters. The fourth-order valence-electron chi connectivity index (χ4n) is 3.64. The molecule has 112 valence electrons. The smallest absolute Gasteiger partial charge is 0.146 e. The average Bonchev–Trinajstić information content (AvgIpc) is 2.82. The highest BCUT2D eigenvalue weighted by molar-refractivity contribution is 5.47. The van der Waals surface area contributed by atoms with E-state index in [4.69, 9.17) is 5.73 Å². The average molecular weight is 278 g/mol. The Hall–Kier alpha value is -1.09. The number of para-hydroxylation sites is 1. The van der Waals surface area contributed by atoms with Gasteiger partial charge >= 0.3 is 0 Å². The first-order chi connectivity index (χ1) is 9.52.